The van der Waals surface area contributed by atoms with Gasteiger partial charge >= 0.3 is 0 Å². The number of anilines is 1. The maximum Gasteiger partial charge on any atom is 0.243 e. The van der Waals surface area contributed by atoms with Gasteiger partial charge in [-0.3, -0.25) is 14.8 Å². The number of unbranched alkanes of at least 4 members (excludes halogenated alkanes) is 1. The van der Waals surface area contributed by atoms with Gasteiger partial charge in [-0.05, 0) is 37.1 Å². The number of rotatable bonds is 6. The van der Waals surface area contributed by atoms with Gasteiger partial charge in [-0.15, -0.1) is 0 Å². The van der Waals surface area contributed by atoms with Crippen LogP contribution in [0.15, 0.2) is 24.3 Å². The fourth-order valence-corrected chi connectivity index (χ4v) is 2.77. The monoisotopic (exact) mass is 339 g/mol. The van der Waals surface area contributed by atoms with Gasteiger partial charge in [0.05, 0.1) is 0 Å². The van der Waals surface area contributed by atoms with Gasteiger partial charge in [0.25, 0.3) is 0 Å². The molecule has 1 aromatic rings. The Bertz CT molecular complexity index is 528. The molecule has 0 bridgehead atoms. The molecule has 0 unspecified atom stereocenters. The average Bonchev–Trinajstić information content (AvgIpc) is 2.59. The van der Waals surface area contributed by atoms with Crippen LogP contribution in [0.4, 0.5) is 5.69 Å². The normalized spacial score (nSPS) is 14.7. The summed E-state index contributed by atoms with van der Waals surface area (Å²) in [5.41, 5.74) is 2.71. The third-order valence-electron chi connectivity index (χ3n) is 3.99. The number of benzene rings is 1. The van der Waals surface area contributed by atoms with E-state index in [0.717, 1.165) is 23.8 Å². The number of hydroxylamine groups is 1. The minimum atomic E-state index is -0.408. The second-order valence-corrected chi connectivity index (χ2v) is 6.02. The number of carbonyl (C=O) groups excluding carboxylic acids is 2. The Morgan fingerprint density at radius 3 is 2.26 bits per heavy atom. The van der Waals surface area contributed by atoms with Gasteiger partial charge in [-0.2, -0.15) is 0 Å². The smallest absolute Gasteiger partial charge is 0.243 e. The molecule has 1 aliphatic rings. The fraction of sp³-hybridized carbons (Fsp3) is 0.500. The Morgan fingerprint density at radius 2 is 1.65 bits per heavy atom. The van der Waals surface area contributed by atoms with Gasteiger partial charge in [-0.25, -0.2) is 5.48 Å². The Hall–Kier alpha value is -1.79. The highest BCUT2D eigenvalue weighted by Gasteiger charge is 2.20. The van der Waals surface area contributed by atoms with Gasteiger partial charge < -0.3 is 9.80 Å². The van der Waals surface area contributed by atoms with Crippen LogP contribution in [-0.4, -0.2) is 48.1 Å². The lowest BCUT2D eigenvalue weighted by atomic mass is 10.1. The van der Waals surface area contributed by atoms with E-state index >= 15 is 0 Å². The summed E-state index contributed by atoms with van der Waals surface area (Å²) in [5, 5.41) is 9.11. The van der Waals surface area contributed by atoms with E-state index in [0.29, 0.717) is 32.4 Å². The summed E-state index contributed by atoms with van der Waals surface area (Å²) in [6, 6.07) is 7.73. The molecular weight excluding hydrogens is 318 g/mol. The molecule has 6 nitrogen and oxygen atoms in total. The molecule has 23 heavy (non-hydrogen) atoms. The number of piperazine rings is 1. The third-order valence-corrected chi connectivity index (χ3v) is 4.25. The maximum absolute atomic E-state index is 12.1. The fourth-order valence-electron chi connectivity index (χ4n) is 2.64. The predicted octanol–water partition coefficient (Wildman–Crippen LogP) is 2.05. The van der Waals surface area contributed by atoms with Crippen LogP contribution in [0.2, 0.25) is 5.02 Å². The molecule has 7 heteroatoms. The van der Waals surface area contributed by atoms with Gasteiger partial charge in [0, 0.05) is 49.7 Å². The van der Waals surface area contributed by atoms with Crippen LogP contribution < -0.4 is 10.4 Å². The maximum atomic E-state index is 12.1. The van der Waals surface area contributed by atoms with Crippen molar-refractivity contribution in [1.29, 1.82) is 0 Å². The Kier molecular flexibility index (Phi) is 6.67. The van der Waals surface area contributed by atoms with Crippen molar-refractivity contribution < 1.29 is 14.8 Å². The van der Waals surface area contributed by atoms with E-state index in [9.17, 15) is 9.59 Å². The number of carbonyl (C=O) groups is 2. The summed E-state index contributed by atoms with van der Waals surface area (Å²) in [7, 11) is 0. The van der Waals surface area contributed by atoms with Crippen LogP contribution in [-0.2, 0) is 9.59 Å². The zero-order valence-corrected chi connectivity index (χ0v) is 13.8. The molecular formula is C16H22ClN3O3. The number of nitrogens with one attached hydrogen (secondary N) is 1. The van der Waals surface area contributed by atoms with E-state index in [2.05, 4.69) is 4.90 Å². The summed E-state index contributed by atoms with van der Waals surface area (Å²) in [4.78, 5) is 27.1. The van der Waals surface area contributed by atoms with Gasteiger partial charge in [0.2, 0.25) is 11.8 Å². The second kappa shape index (κ2) is 8.74. The number of amides is 2. The molecule has 0 aromatic heterocycles. The highest BCUT2D eigenvalue weighted by Crippen LogP contribution is 2.19. The van der Waals surface area contributed by atoms with E-state index in [1.807, 2.05) is 29.2 Å². The van der Waals surface area contributed by atoms with E-state index in [1.54, 1.807) is 5.48 Å². The van der Waals surface area contributed by atoms with Gasteiger partial charge in [0.1, 0.15) is 0 Å². The quantitative estimate of drug-likeness (QED) is 0.472. The number of nitrogens with zero attached hydrogens (tertiary/aromatic N) is 2. The molecule has 2 rings (SSSR count). The summed E-state index contributed by atoms with van der Waals surface area (Å²) in [5.74, 6) is -0.279. The van der Waals surface area contributed by atoms with Crippen LogP contribution in [0.3, 0.4) is 0 Å². The number of hydrogen-bond acceptors (Lipinski definition) is 4. The molecule has 0 aliphatic carbocycles. The van der Waals surface area contributed by atoms with E-state index in [4.69, 9.17) is 16.8 Å². The first-order valence-electron chi connectivity index (χ1n) is 7.81. The summed E-state index contributed by atoms with van der Waals surface area (Å²) in [6.07, 6.45) is 1.94. The van der Waals surface area contributed by atoms with Crippen molar-refractivity contribution in [3.63, 3.8) is 0 Å². The molecule has 1 heterocycles. The highest BCUT2D eigenvalue weighted by atomic mass is 35.5. The number of hydrogen-bond donors (Lipinski definition) is 2. The van der Waals surface area contributed by atoms with Crippen LogP contribution in [0, 0.1) is 0 Å². The zero-order chi connectivity index (χ0) is 16.7. The predicted molar refractivity (Wildman–Crippen MR) is 88.6 cm³/mol. The van der Waals surface area contributed by atoms with Crippen molar-refractivity contribution in [3.05, 3.63) is 29.3 Å². The molecule has 0 spiro atoms. The summed E-state index contributed by atoms with van der Waals surface area (Å²) >= 11 is 5.89. The first-order valence-corrected chi connectivity index (χ1v) is 8.19. The first kappa shape index (κ1) is 17.6. The lowest BCUT2D eigenvalue weighted by molar-refractivity contribution is -0.132. The minimum Gasteiger partial charge on any atom is -0.368 e. The van der Waals surface area contributed by atoms with E-state index < -0.39 is 5.91 Å². The van der Waals surface area contributed by atoms with Crippen molar-refractivity contribution in [2.75, 3.05) is 31.1 Å². The first-order chi connectivity index (χ1) is 11.1. The average molecular weight is 340 g/mol. The standard InChI is InChI=1S/C16H22ClN3O3/c17-13-5-7-14(8-6-13)19-9-11-20(12-10-19)16(22)4-2-1-3-15(21)18-23/h5-8,23H,1-4,9-12H2,(H,18,21). The molecule has 1 aromatic carbocycles. The van der Waals surface area contributed by atoms with Gasteiger partial charge in [-0.1, -0.05) is 11.6 Å². The molecule has 0 radical (unpaired) electrons. The molecule has 2 amide bonds. The zero-order valence-electron chi connectivity index (χ0n) is 13.0. The van der Waals surface area contributed by atoms with Crippen LogP contribution in [0.25, 0.3) is 0 Å². The van der Waals surface area contributed by atoms with E-state index in [1.165, 1.54) is 0 Å². The molecule has 1 fully saturated rings. The topological polar surface area (TPSA) is 72.9 Å². The van der Waals surface area contributed by atoms with E-state index in [-0.39, 0.29) is 12.3 Å². The van der Waals surface area contributed by atoms with Crippen LogP contribution in [0.5, 0.6) is 0 Å². The largest absolute Gasteiger partial charge is 0.368 e. The second-order valence-electron chi connectivity index (χ2n) is 5.59. The van der Waals surface area contributed by atoms with Crippen molar-refractivity contribution in [2.24, 2.45) is 0 Å². The summed E-state index contributed by atoms with van der Waals surface area (Å²) < 4.78 is 0. The van der Waals surface area contributed by atoms with Crippen LogP contribution >= 0.6 is 11.6 Å². The van der Waals surface area contributed by atoms with Gasteiger partial charge in [0.15, 0.2) is 0 Å². The lowest BCUT2D eigenvalue weighted by Gasteiger charge is -2.36. The van der Waals surface area contributed by atoms with Crippen molar-refractivity contribution in [3.8, 4) is 0 Å². The van der Waals surface area contributed by atoms with Crippen molar-refractivity contribution >= 4 is 29.1 Å². The molecule has 0 saturated carbocycles. The highest BCUT2D eigenvalue weighted by molar-refractivity contribution is 6.30. The van der Waals surface area contributed by atoms with Crippen molar-refractivity contribution in [2.45, 2.75) is 25.7 Å². The van der Waals surface area contributed by atoms with Crippen molar-refractivity contribution in [1.82, 2.24) is 10.4 Å². The molecule has 0 atom stereocenters. The number of halogens is 1. The van der Waals surface area contributed by atoms with Crippen LogP contribution in [0.1, 0.15) is 25.7 Å². The molecule has 1 saturated heterocycles. The molecule has 2 N–H and O–H groups in total. The lowest BCUT2D eigenvalue weighted by Crippen LogP contribution is -2.48. The minimum absolute atomic E-state index is 0.130. The Balaban J connectivity index is 1.70. The SMILES string of the molecule is O=C(CCCCC(=O)N1CCN(c2ccc(Cl)cc2)CC1)NO. The summed E-state index contributed by atoms with van der Waals surface area (Å²) in [6.45, 7) is 3.03. The Labute approximate surface area is 141 Å². The molecule has 126 valence electrons. The third kappa shape index (κ3) is 5.41. The molecule has 1 aliphatic heterocycles. The Morgan fingerprint density at radius 1 is 1.04 bits per heavy atom.